The second kappa shape index (κ2) is 11.3. The summed E-state index contributed by atoms with van der Waals surface area (Å²) in [4.78, 5) is 12.6. The Morgan fingerprint density at radius 3 is 2.25 bits per heavy atom. The Morgan fingerprint density at radius 2 is 1.69 bits per heavy atom. The lowest BCUT2D eigenvalue weighted by Crippen LogP contribution is -2.20. The first kappa shape index (κ1) is 26.7. The van der Waals surface area contributed by atoms with Crippen molar-refractivity contribution >= 4 is 17.3 Å². The lowest BCUT2D eigenvalue weighted by molar-refractivity contribution is -0.163. The lowest BCUT2D eigenvalue weighted by atomic mass is 9.86. The van der Waals surface area contributed by atoms with Gasteiger partial charge in [0.1, 0.15) is 17.3 Å². The van der Waals surface area contributed by atoms with Crippen LogP contribution in [0.25, 0.3) is 11.3 Å². The van der Waals surface area contributed by atoms with E-state index < -0.39 is 12.3 Å². The van der Waals surface area contributed by atoms with Crippen molar-refractivity contribution in [3.8, 4) is 6.07 Å². The van der Waals surface area contributed by atoms with Crippen LogP contribution >= 0.6 is 0 Å². The first-order valence-electron chi connectivity index (χ1n) is 12.2. The highest BCUT2D eigenvalue weighted by atomic mass is 16.7. The van der Waals surface area contributed by atoms with Gasteiger partial charge < -0.3 is 9.47 Å². The molecule has 1 heterocycles. The third kappa shape index (κ3) is 6.23. The number of hydrogen-bond acceptors (Lipinski definition) is 5. The number of nitrogens with zero attached hydrogens (tertiary/aromatic N) is 3. The quantitative estimate of drug-likeness (QED) is 0.161. The van der Waals surface area contributed by atoms with Crippen LogP contribution in [0.15, 0.2) is 54.6 Å². The zero-order chi connectivity index (χ0) is 26.5. The SMILES string of the molecule is CCn1nc(C)c(C)c1/C(OC(C)OC(=O)Cc1ccccc1)=C(\C#N)c1ccc(C(C)(C)C)cc1. The normalized spacial score (nSPS) is 12.9. The third-order valence-corrected chi connectivity index (χ3v) is 6.09. The van der Waals surface area contributed by atoms with Crippen molar-refractivity contribution in [1.82, 2.24) is 9.78 Å². The Bertz CT molecular complexity index is 1270. The summed E-state index contributed by atoms with van der Waals surface area (Å²) in [6, 6.07) is 19.7. The Hall–Kier alpha value is -3.85. The fraction of sp³-hybridized carbons (Fsp3) is 0.367. The minimum absolute atomic E-state index is 0.00954. The van der Waals surface area contributed by atoms with E-state index >= 15 is 0 Å². The molecule has 0 aliphatic carbocycles. The van der Waals surface area contributed by atoms with Crippen LogP contribution in [0.2, 0.25) is 0 Å². The van der Waals surface area contributed by atoms with E-state index in [0.717, 1.165) is 22.4 Å². The van der Waals surface area contributed by atoms with Crippen LogP contribution in [0.4, 0.5) is 0 Å². The summed E-state index contributed by atoms with van der Waals surface area (Å²) >= 11 is 0. The maximum atomic E-state index is 12.6. The van der Waals surface area contributed by atoms with E-state index in [1.54, 1.807) is 6.92 Å². The summed E-state index contributed by atoms with van der Waals surface area (Å²) in [6.07, 6.45) is -0.772. The average Bonchev–Trinajstić information content (AvgIpc) is 3.12. The van der Waals surface area contributed by atoms with Gasteiger partial charge in [-0.05, 0) is 42.9 Å². The average molecular weight is 486 g/mol. The van der Waals surface area contributed by atoms with Gasteiger partial charge in [0.25, 0.3) is 0 Å². The van der Waals surface area contributed by atoms with Gasteiger partial charge in [0.2, 0.25) is 6.29 Å². The largest absolute Gasteiger partial charge is 0.451 e. The van der Waals surface area contributed by atoms with Crippen LogP contribution in [0.5, 0.6) is 0 Å². The highest BCUT2D eigenvalue weighted by molar-refractivity contribution is 5.94. The van der Waals surface area contributed by atoms with Crippen molar-refractivity contribution < 1.29 is 14.3 Å². The number of hydrogen-bond donors (Lipinski definition) is 0. The van der Waals surface area contributed by atoms with E-state index in [1.165, 1.54) is 5.56 Å². The molecule has 3 aromatic rings. The summed E-state index contributed by atoms with van der Waals surface area (Å²) in [5.74, 6) is -0.0565. The van der Waals surface area contributed by atoms with E-state index in [-0.39, 0.29) is 11.8 Å². The van der Waals surface area contributed by atoms with Crippen molar-refractivity contribution in [2.75, 3.05) is 0 Å². The third-order valence-electron chi connectivity index (χ3n) is 6.09. The van der Waals surface area contributed by atoms with E-state index in [9.17, 15) is 10.1 Å². The van der Waals surface area contributed by atoms with Crippen molar-refractivity contribution in [1.29, 1.82) is 5.26 Å². The van der Waals surface area contributed by atoms with Gasteiger partial charge in [-0.15, -0.1) is 0 Å². The Morgan fingerprint density at radius 1 is 1.06 bits per heavy atom. The Labute approximate surface area is 214 Å². The molecule has 0 N–H and O–H groups in total. The molecule has 6 heteroatoms. The van der Waals surface area contributed by atoms with Gasteiger partial charge in [0, 0.05) is 19.0 Å². The fourth-order valence-corrected chi connectivity index (χ4v) is 3.98. The minimum atomic E-state index is -0.909. The molecule has 3 rings (SSSR count). The summed E-state index contributed by atoms with van der Waals surface area (Å²) in [5.41, 5.74) is 5.57. The minimum Gasteiger partial charge on any atom is -0.451 e. The van der Waals surface area contributed by atoms with Crippen LogP contribution in [-0.4, -0.2) is 22.0 Å². The van der Waals surface area contributed by atoms with Crippen LogP contribution in [0.1, 0.15) is 68.3 Å². The molecule has 0 radical (unpaired) electrons. The molecule has 1 aromatic heterocycles. The van der Waals surface area contributed by atoms with Crippen molar-refractivity contribution in [2.24, 2.45) is 0 Å². The number of carbonyl (C=O) groups is 1. The molecular weight excluding hydrogens is 450 g/mol. The summed E-state index contributed by atoms with van der Waals surface area (Å²) < 4.78 is 13.6. The standard InChI is InChI=1S/C30H35N3O3/c1-8-33-28(20(2)21(3)32-33)29(26(19-31)24-14-16-25(17-15-24)30(5,6)7)36-22(4)35-27(34)18-23-12-10-9-11-13-23/h9-17,22H,8,18H2,1-7H3/b29-26-. The second-order valence-corrected chi connectivity index (χ2v) is 9.86. The number of nitriles is 1. The second-order valence-electron chi connectivity index (χ2n) is 9.86. The predicted molar refractivity (Wildman–Crippen MR) is 142 cm³/mol. The smallest absolute Gasteiger partial charge is 0.313 e. The molecule has 36 heavy (non-hydrogen) atoms. The number of esters is 1. The fourth-order valence-electron chi connectivity index (χ4n) is 3.98. The van der Waals surface area contributed by atoms with Crippen LogP contribution in [0.3, 0.4) is 0 Å². The number of carbonyl (C=O) groups excluding carboxylic acids is 1. The van der Waals surface area contributed by atoms with Gasteiger partial charge in [-0.1, -0.05) is 75.4 Å². The zero-order valence-electron chi connectivity index (χ0n) is 22.3. The predicted octanol–water partition coefficient (Wildman–Crippen LogP) is 6.36. The van der Waals surface area contributed by atoms with Crippen molar-refractivity contribution in [3.05, 3.63) is 88.2 Å². The number of aromatic nitrogens is 2. The van der Waals surface area contributed by atoms with Crippen molar-refractivity contribution in [2.45, 2.75) is 73.1 Å². The summed E-state index contributed by atoms with van der Waals surface area (Å²) in [7, 11) is 0. The van der Waals surface area contributed by atoms with E-state index in [2.05, 4.69) is 31.9 Å². The molecule has 6 nitrogen and oxygen atoms in total. The highest BCUT2D eigenvalue weighted by Crippen LogP contribution is 2.33. The molecular formula is C30H35N3O3. The first-order valence-corrected chi connectivity index (χ1v) is 12.2. The van der Waals surface area contributed by atoms with E-state index in [0.29, 0.717) is 23.6 Å². The maximum absolute atomic E-state index is 12.6. The van der Waals surface area contributed by atoms with E-state index in [1.807, 2.05) is 80.1 Å². The van der Waals surface area contributed by atoms with Gasteiger partial charge in [-0.25, -0.2) is 0 Å². The van der Waals surface area contributed by atoms with Crippen LogP contribution < -0.4 is 0 Å². The first-order chi connectivity index (χ1) is 17.0. The molecule has 0 aliphatic heterocycles. The molecule has 0 fully saturated rings. The maximum Gasteiger partial charge on any atom is 0.313 e. The topological polar surface area (TPSA) is 77.1 Å². The van der Waals surface area contributed by atoms with Gasteiger partial charge in [0.15, 0.2) is 5.76 Å². The molecule has 188 valence electrons. The van der Waals surface area contributed by atoms with Crippen LogP contribution in [0, 0.1) is 25.2 Å². The lowest BCUT2D eigenvalue weighted by Gasteiger charge is -2.21. The molecule has 0 aliphatic rings. The number of allylic oxidation sites excluding steroid dienone is 1. The molecule has 0 saturated heterocycles. The Kier molecular flexibility index (Phi) is 8.37. The molecule has 0 spiro atoms. The molecule has 1 atom stereocenters. The van der Waals surface area contributed by atoms with Gasteiger partial charge in [-0.2, -0.15) is 10.4 Å². The number of rotatable bonds is 8. The van der Waals surface area contributed by atoms with Gasteiger partial charge in [-0.3, -0.25) is 9.48 Å². The van der Waals surface area contributed by atoms with Gasteiger partial charge in [0.05, 0.1) is 12.1 Å². The number of benzene rings is 2. The van der Waals surface area contributed by atoms with E-state index in [4.69, 9.17) is 9.47 Å². The molecule has 0 amide bonds. The summed E-state index contributed by atoms with van der Waals surface area (Å²) in [6.45, 7) is 14.6. The number of ether oxygens (including phenoxy) is 2. The number of aryl methyl sites for hydroxylation is 2. The summed E-state index contributed by atoms with van der Waals surface area (Å²) in [5, 5.41) is 14.9. The molecule has 0 bridgehead atoms. The van der Waals surface area contributed by atoms with Crippen molar-refractivity contribution in [3.63, 3.8) is 0 Å². The zero-order valence-corrected chi connectivity index (χ0v) is 22.3. The molecule has 0 saturated carbocycles. The molecule has 1 unspecified atom stereocenters. The van der Waals surface area contributed by atoms with Gasteiger partial charge >= 0.3 is 5.97 Å². The monoisotopic (exact) mass is 485 g/mol. The highest BCUT2D eigenvalue weighted by Gasteiger charge is 2.25. The Balaban J connectivity index is 2.01. The molecule has 2 aromatic carbocycles. The van der Waals surface area contributed by atoms with Crippen LogP contribution in [-0.2, 0) is 32.6 Å².